The third-order valence-electron chi connectivity index (χ3n) is 3.02. The topological polar surface area (TPSA) is 63.4 Å². The molecule has 0 spiro atoms. The van der Waals surface area contributed by atoms with E-state index >= 15 is 0 Å². The molecule has 9 heteroatoms. The lowest BCUT2D eigenvalue weighted by Crippen LogP contribution is -2.48. The Balaban J connectivity index is 1.95. The lowest BCUT2D eigenvalue weighted by Gasteiger charge is -2.32. The summed E-state index contributed by atoms with van der Waals surface area (Å²) in [6, 6.07) is 0. The molecule has 0 saturated carbocycles. The summed E-state index contributed by atoms with van der Waals surface area (Å²) in [4.78, 5) is 2.14. The standard InChI is InChI=1S/C9H17N5O2S2/c1-11-7-10-14(9(11)17)8-12-3-5-13(6-4-12)18(2,15)16/h7H,3-6,8H2,1-2H3. The second-order valence-electron chi connectivity index (χ2n) is 4.45. The van der Waals surface area contributed by atoms with Crippen molar-refractivity contribution in [3.8, 4) is 0 Å². The molecule has 0 unspecified atom stereocenters. The molecule has 0 amide bonds. The van der Waals surface area contributed by atoms with Crippen LogP contribution in [0.1, 0.15) is 0 Å². The van der Waals surface area contributed by atoms with E-state index in [0.717, 1.165) is 0 Å². The van der Waals surface area contributed by atoms with Crippen molar-refractivity contribution in [2.24, 2.45) is 7.05 Å². The van der Waals surface area contributed by atoms with Crippen LogP contribution >= 0.6 is 12.2 Å². The van der Waals surface area contributed by atoms with Crippen LogP contribution in [-0.2, 0) is 23.7 Å². The zero-order valence-electron chi connectivity index (χ0n) is 10.5. The average Bonchev–Trinajstić information content (AvgIpc) is 2.61. The van der Waals surface area contributed by atoms with Crippen molar-refractivity contribution in [3.05, 3.63) is 11.1 Å². The van der Waals surface area contributed by atoms with Crippen LogP contribution in [0, 0.1) is 4.77 Å². The second-order valence-corrected chi connectivity index (χ2v) is 6.79. The fourth-order valence-corrected chi connectivity index (χ4v) is 2.89. The van der Waals surface area contributed by atoms with Crippen LogP contribution in [0.25, 0.3) is 0 Å². The molecule has 1 aromatic rings. The first-order chi connectivity index (χ1) is 8.38. The molecule has 0 aromatic carbocycles. The Kier molecular flexibility index (Phi) is 3.85. The maximum atomic E-state index is 11.4. The number of aryl methyl sites for hydroxylation is 1. The number of nitrogens with zero attached hydrogens (tertiary/aromatic N) is 5. The number of hydrogen-bond acceptors (Lipinski definition) is 5. The van der Waals surface area contributed by atoms with E-state index in [-0.39, 0.29) is 0 Å². The molecule has 0 radical (unpaired) electrons. The molecule has 0 bridgehead atoms. The minimum atomic E-state index is -3.07. The van der Waals surface area contributed by atoms with Gasteiger partial charge < -0.3 is 4.57 Å². The van der Waals surface area contributed by atoms with Crippen molar-refractivity contribution in [2.75, 3.05) is 32.4 Å². The summed E-state index contributed by atoms with van der Waals surface area (Å²) >= 11 is 5.21. The van der Waals surface area contributed by atoms with Gasteiger partial charge in [0.1, 0.15) is 6.33 Å². The highest BCUT2D eigenvalue weighted by molar-refractivity contribution is 7.88. The lowest BCUT2D eigenvalue weighted by molar-refractivity contribution is 0.145. The summed E-state index contributed by atoms with van der Waals surface area (Å²) in [5.41, 5.74) is 0. The molecule has 1 aliphatic heterocycles. The zero-order chi connectivity index (χ0) is 13.3. The Morgan fingerprint density at radius 2 is 1.94 bits per heavy atom. The van der Waals surface area contributed by atoms with Crippen LogP contribution in [0.15, 0.2) is 6.33 Å². The van der Waals surface area contributed by atoms with E-state index in [4.69, 9.17) is 12.2 Å². The normalized spacial score (nSPS) is 19.2. The van der Waals surface area contributed by atoms with Crippen molar-refractivity contribution in [3.63, 3.8) is 0 Å². The molecule has 0 aliphatic carbocycles. The third-order valence-corrected chi connectivity index (χ3v) is 4.82. The van der Waals surface area contributed by atoms with Gasteiger partial charge in [-0.05, 0) is 12.2 Å². The predicted octanol–water partition coefficient (Wildman–Crippen LogP) is -0.514. The van der Waals surface area contributed by atoms with E-state index in [1.807, 2.05) is 7.05 Å². The molecule has 2 rings (SSSR count). The van der Waals surface area contributed by atoms with E-state index in [2.05, 4.69) is 10.00 Å². The van der Waals surface area contributed by atoms with Crippen LogP contribution < -0.4 is 0 Å². The molecular formula is C9H17N5O2S2. The van der Waals surface area contributed by atoms with E-state index in [1.165, 1.54) is 10.6 Å². The SMILES string of the molecule is Cn1cnn(CN2CCN(S(C)(=O)=O)CC2)c1=S. The molecule has 1 aliphatic rings. The van der Waals surface area contributed by atoms with E-state index in [1.54, 1.807) is 15.6 Å². The lowest BCUT2D eigenvalue weighted by atomic mass is 10.4. The first kappa shape index (κ1) is 13.7. The molecule has 0 atom stereocenters. The molecule has 0 N–H and O–H groups in total. The van der Waals surface area contributed by atoms with Gasteiger partial charge in [0, 0.05) is 33.2 Å². The van der Waals surface area contributed by atoms with Crippen molar-refractivity contribution >= 4 is 22.2 Å². The summed E-state index contributed by atoms with van der Waals surface area (Å²) in [5, 5.41) is 4.18. The second kappa shape index (κ2) is 5.08. The fourth-order valence-electron chi connectivity index (χ4n) is 1.91. The van der Waals surface area contributed by atoms with Crippen LogP contribution in [-0.4, -0.2) is 64.4 Å². The summed E-state index contributed by atoms with van der Waals surface area (Å²) < 4.78 is 28.4. The Hall–Kier alpha value is -0.770. The first-order valence-electron chi connectivity index (χ1n) is 5.64. The molecule has 2 heterocycles. The van der Waals surface area contributed by atoms with Gasteiger partial charge in [-0.3, -0.25) is 4.90 Å². The minimum Gasteiger partial charge on any atom is -0.310 e. The summed E-state index contributed by atoms with van der Waals surface area (Å²) in [6.45, 7) is 3.06. The van der Waals surface area contributed by atoms with E-state index < -0.39 is 10.0 Å². The smallest absolute Gasteiger partial charge is 0.211 e. The van der Waals surface area contributed by atoms with Gasteiger partial charge >= 0.3 is 0 Å². The van der Waals surface area contributed by atoms with Crippen molar-refractivity contribution in [1.82, 2.24) is 23.6 Å². The monoisotopic (exact) mass is 291 g/mol. The molecular weight excluding hydrogens is 274 g/mol. The number of aromatic nitrogens is 3. The van der Waals surface area contributed by atoms with Gasteiger partial charge in [0.15, 0.2) is 4.77 Å². The van der Waals surface area contributed by atoms with Crippen molar-refractivity contribution in [2.45, 2.75) is 6.67 Å². The Labute approximate surface area is 112 Å². The largest absolute Gasteiger partial charge is 0.310 e. The van der Waals surface area contributed by atoms with Crippen molar-refractivity contribution in [1.29, 1.82) is 0 Å². The van der Waals surface area contributed by atoms with E-state index in [9.17, 15) is 8.42 Å². The third kappa shape index (κ3) is 2.97. The molecule has 1 aromatic heterocycles. The van der Waals surface area contributed by atoms with Crippen LogP contribution in [0.5, 0.6) is 0 Å². The number of rotatable bonds is 3. The summed E-state index contributed by atoms with van der Waals surface area (Å²) in [7, 11) is -1.21. The highest BCUT2D eigenvalue weighted by atomic mass is 32.2. The van der Waals surface area contributed by atoms with Gasteiger partial charge in [-0.25, -0.2) is 13.1 Å². The molecule has 102 valence electrons. The number of sulfonamides is 1. The van der Waals surface area contributed by atoms with E-state index in [0.29, 0.717) is 37.6 Å². The maximum Gasteiger partial charge on any atom is 0.211 e. The highest BCUT2D eigenvalue weighted by Crippen LogP contribution is 2.07. The van der Waals surface area contributed by atoms with Gasteiger partial charge in [0.25, 0.3) is 0 Å². The quantitative estimate of drug-likeness (QED) is 0.702. The van der Waals surface area contributed by atoms with Crippen LogP contribution in [0.3, 0.4) is 0 Å². The molecule has 1 fully saturated rings. The summed E-state index contributed by atoms with van der Waals surface area (Å²) in [6.07, 6.45) is 2.92. The van der Waals surface area contributed by atoms with Gasteiger partial charge in [0.05, 0.1) is 12.9 Å². The molecule has 7 nitrogen and oxygen atoms in total. The summed E-state index contributed by atoms with van der Waals surface area (Å²) in [5.74, 6) is 0. The average molecular weight is 291 g/mol. The van der Waals surface area contributed by atoms with Gasteiger partial charge in [-0.2, -0.15) is 9.40 Å². The Bertz CT molecular complexity index is 568. The fraction of sp³-hybridized carbons (Fsp3) is 0.778. The first-order valence-corrected chi connectivity index (χ1v) is 7.89. The van der Waals surface area contributed by atoms with Crippen molar-refractivity contribution < 1.29 is 8.42 Å². The highest BCUT2D eigenvalue weighted by Gasteiger charge is 2.23. The minimum absolute atomic E-state index is 0.527. The molecule has 1 saturated heterocycles. The van der Waals surface area contributed by atoms with Crippen LogP contribution in [0.2, 0.25) is 0 Å². The molecule has 18 heavy (non-hydrogen) atoms. The van der Waals surface area contributed by atoms with Gasteiger partial charge in [0.2, 0.25) is 10.0 Å². The Morgan fingerprint density at radius 3 is 2.39 bits per heavy atom. The maximum absolute atomic E-state index is 11.4. The number of piperazine rings is 1. The van der Waals surface area contributed by atoms with Gasteiger partial charge in [-0.15, -0.1) is 0 Å². The Morgan fingerprint density at radius 1 is 1.33 bits per heavy atom. The zero-order valence-corrected chi connectivity index (χ0v) is 12.1. The predicted molar refractivity (Wildman–Crippen MR) is 70.0 cm³/mol. The van der Waals surface area contributed by atoms with Gasteiger partial charge in [-0.1, -0.05) is 0 Å². The van der Waals surface area contributed by atoms with Crippen LogP contribution in [0.4, 0.5) is 0 Å². The number of hydrogen-bond donors (Lipinski definition) is 0.